The number of hydrogen-bond donors (Lipinski definition) is 1. The predicted octanol–water partition coefficient (Wildman–Crippen LogP) is 4.09. The standard InChI is InChI=1S/C18H17ClN2O/c1-14(11-15-5-3-2-4-6-15)13-20-21-18(22)12-16-7-9-17(19)10-8-16/h2-11,13H,12H2,1H3,(H,21,22). The summed E-state index contributed by atoms with van der Waals surface area (Å²) >= 11 is 5.80. The van der Waals surface area contributed by atoms with Gasteiger partial charge in [0.05, 0.1) is 12.6 Å². The van der Waals surface area contributed by atoms with E-state index in [9.17, 15) is 4.79 Å². The van der Waals surface area contributed by atoms with Gasteiger partial charge < -0.3 is 0 Å². The van der Waals surface area contributed by atoms with Gasteiger partial charge in [0.1, 0.15) is 0 Å². The molecule has 0 spiro atoms. The molecule has 22 heavy (non-hydrogen) atoms. The molecular formula is C18H17ClN2O. The van der Waals surface area contributed by atoms with Crippen molar-refractivity contribution in [3.05, 3.63) is 76.3 Å². The summed E-state index contributed by atoms with van der Waals surface area (Å²) in [5.41, 5.74) is 5.47. The highest BCUT2D eigenvalue weighted by Crippen LogP contribution is 2.09. The molecule has 1 N–H and O–H groups in total. The first-order valence-corrected chi connectivity index (χ1v) is 7.31. The van der Waals surface area contributed by atoms with Crippen molar-refractivity contribution in [3.8, 4) is 0 Å². The Morgan fingerprint density at radius 3 is 2.50 bits per heavy atom. The first-order chi connectivity index (χ1) is 10.6. The van der Waals surface area contributed by atoms with Crippen LogP contribution in [0.15, 0.2) is 65.3 Å². The highest BCUT2D eigenvalue weighted by atomic mass is 35.5. The van der Waals surface area contributed by atoms with Crippen LogP contribution in [-0.4, -0.2) is 12.1 Å². The van der Waals surface area contributed by atoms with Gasteiger partial charge in [-0.05, 0) is 35.8 Å². The Morgan fingerprint density at radius 2 is 1.82 bits per heavy atom. The van der Waals surface area contributed by atoms with E-state index in [1.165, 1.54) is 0 Å². The molecule has 0 aliphatic heterocycles. The Kier molecular flexibility index (Phi) is 5.92. The van der Waals surface area contributed by atoms with Crippen LogP contribution in [0.3, 0.4) is 0 Å². The van der Waals surface area contributed by atoms with Crippen molar-refractivity contribution in [2.45, 2.75) is 13.3 Å². The van der Waals surface area contributed by atoms with Crippen molar-refractivity contribution >= 4 is 29.8 Å². The monoisotopic (exact) mass is 312 g/mol. The summed E-state index contributed by atoms with van der Waals surface area (Å²) in [5, 5.41) is 4.62. The summed E-state index contributed by atoms with van der Waals surface area (Å²) < 4.78 is 0. The van der Waals surface area contributed by atoms with Crippen molar-refractivity contribution in [1.29, 1.82) is 0 Å². The van der Waals surface area contributed by atoms with Crippen molar-refractivity contribution in [3.63, 3.8) is 0 Å². The van der Waals surface area contributed by atoms with E-state index in [2.05, 4.69) is 10.5 Å². The third-order valence-electron chi connectivity index (χ3n) is 2.93. The van der Waals surface area contributed by atoms with E-state index in [1.54, 1.807) is 18.3 Å². The largest absolute Gasteiger partial charge is 0.273 e. The van der Waals surface area contributed by atoms with Crippen LogP contribution < -0.4 is 5.43 Å². The first-order valence-electron chi connectivity index (χ1n) is 6.93. The van der Waals surface area contributed by atoms with Gasteiger partial charge in [0.2, 0.25) is 5.91 Å². The van der Waals surface area contributed by atoms with Gasteiger partial charge in [-0.1, -0.05) is 60.1 Å². The van der Waals surface area contributed by atoms with Crippen LogP contribution in [0.2, 0.25) is 5.02 Å². The molecular weight excluding hydrogens is 296 g/mol. The Labute approximate surface area is 135 Å². The van der Waals surface area contributed by atoms with E-state index >= 15 is 0 Å². The normalized spacial score (nSPS) is 11.6. The lowest BCUT2D eigenvalue weighted by Crippen LogP contribution is -2.19. The third-order valence-corrected chi connectivity index (χ3v) is 3.18. The fraction of sp³-hybridized carbons (Fsp3) is 0.111. The van der Waals surface area contributed by atoms with Crippen molar-refractivity contribution < 1.29 is 4.79 Å². The Balaban J connectivity index is 1.85. The molecule has 0 unspecified atom stereocenters. The van der Waals surface area contributed by atoms with Gasteiger partial charge in [-0.3, -0.25) is 4.79 Å². The Bertz CT molecular complexity index is 676. The topological polar surface area (TPSA) is 41.5 Å². The van der Waals surface area contributed by atoms with Gasteiger partial charge in [0, 0.05) is 5.02 Å². The predicted molar refractivity (Wildman–Crippen MR) is 91.9 cm³/mol. The molecule has 0 radical (unpaired) electrons. The molecule has 0 aliphatic carbocycles. The highest BCUT2D eigenvalue weighted by Gasteiger charge is 2.01. The van der Waals surface area contributed by atoms with Crippen LogP contribution in [0.1, 0.15) is 18.1 Å². The average molecular weight is 313 g/mol. The van der Waals surface area contributed by atoms with Crippen LogP contribution >= 0.6 is 11.6 Å². The number of nitrogens with zero attached hydrogens (tertiary/aromatic N) is 1. The Morgan fingerprint density at radius 1 is 1.14 bits per heavy atom. The summed E-state index contributed by atoms with van der Waals surface area (Å²) in [5.74, 6) is -0.161. The lowest BCUT2D eigenvalue weighted by Gasteiger charge is -2.00. The number of nitrogens with one attached hydrogen (secondary N) is 1. The third kappa shape index (κ3) is 5.54. The summed E-state index contributed by atoms with van der Waals surface area (Å²) in [7, 11) is 0. The summed E-state index contributed by atoms with van der Waals surface area (Å²) in [6, 6.07) is 17.1. The van der Waals surface area contributed by atoms with Crippen LogP contribution in [0.25, 0.3) is 6.08 Å². The van der Waals surface area contributed by atoms with Crippen LogP contribution in [0.5, 0.6) is 0 Å². The summed E-state index contributed by atoms with van der Waals surface area (Å²) in [6.45, 7) is 1.93. The molecule has 0 aliphatic rings. The number of halogens is 1. The molecule has 0 fully saturated rings. The van der Waals surface area contributed by atoms with Gasteiger partial charge in [0.25, 0.3) is 0 Å². The number of hydrogen-bond acceptors (Lipinski definition) is 2. The number of carbonyl (C=O) groups excluding carboxylic acids is 1. The van der Waals surface area contributed by atoms with Gasteiger partial charge in [-0.25, -0.2) is 5.43 Å². The van der Waals surface area contributed by atoms with Crippen LogP contribution in [0, 0.1) is 0 Å². The fourth-order valence-corrected chi connectivity index (χ4v) is 2.01. The minimum Gasteiger partial charge on any atom is -0.273 e. The van der Waals surface area contributed by atoms with Crippen LogP contribution in [-0.2, 0) is 11.2 Å². The number of hydrazone groups is 1. The maximum absolute atomic E-state index is 11.8. The van der Waals surface area contributed by atoms with E-state index in [0.717, 1.165) is 16.7 Å². The minimum atomic E-state index is -0.161. The molecule has 0 heterocycles. The van der Waals surface area contributed by atoms with Gasteiger partial charge >= 0.3 is 0 Å². The van der Waals surface area contributed by atoms with Crippen LogP contribution in [0.4, 0.5) is 0 Å². The molecule has 0 bridgehead atoms. The molecule has 0 aromatic heterocycles. The zero-order valence-corrected chi connectivity index (χ0v) is 13.0. The maximum atomic E-state index is 11.8. The first kappa shape index (κ1) is 16.0. The second kappa shape index (κ2) is 8.15. The molecule has 2 rings (SSSR count). The fourth-order valence-electron chi connectivity index (χ4n) is 1.88. The Hall–Kier alpha value is -2.39. The maximum Gasteiger partial charge on any atom is 0.244 e. The van der Waals surface area contributed by atoms with Gasteiger partial charge in [0.15, 0.2) is 0 Å². The van der Waals surface area contributed by atoms with Crippen molar-refractivity contribution in [1.82, 2.24) is 5.43 Å². The zero-order chi connectivity index (χ0) is 15.8. The molecule has 2 aromatic carbocycles. The molecule has 0 saturated carbocycles. The molecule has 2 aromatic rings. The van der Waals surface area contributed by atoms with Crippen molar-refractivity contribution in [2.75, 3.05) is 0 Å². The molecule has 4 heteroatoms. The second-order valence-electron chi connectivity index (χ2n) is 4.90. The second-order valence-corrected chi connectivity index (χ2v) is 5.33. The van der Waals surface area contributed by atoms with E-state index in [-0.39, 0.29) is 12.3 Å². The molecule has 1 amide bonds. The number of rotatable bonds is 5. The number of amides is 1. The minimum absolute atomic E-state index is 0.161. The van der Waals surface area contributed by atoms with Gasteiger partial charge in [-0.2, -0.15) is 5.10 Å². The molecule has 112 valence electrons. The van der Waals surface area contributed by atoms with E-state index in [0.29, 0.717) is 5.02 Å². The molecule has 0 saturated heterocycles. The van der Waals surface area contributed by atoms with E-state index < -0.39 is 0 Å². The lowest BCUT2D eigenvalue weighted by atomic mass is 10.1. The number of benzene rings is 2. The highest BCUT2D eigenvalue weighted by molar-refractivity contribution is 6.30. The van der Waals surface area contributed by atoms with E-state index in [1.807, 2.05) is 55.5 Å². The summed E-state index contributed by atoms with van der Waals surface area (Å²) in [6.07, 6.45) is 3.90. The SMILES string of the molecule is CC(C=NNC(=O)Cc1ccc(Cl)cc1)=Cc1ccccc1. The van der Waals surface area contributed by atoms with Gasteiger partial charge in [-0.15, -0.1) is 0 Å². The smallest absolute Gasteiger partial charge is 0.244 e. The van der Waals surface area contributed by atoms with E-state index in [4.69, 9.17) is 11.6 Å². The lowest BCUT2D eigenvalue weighted by molar-refractivity contribution is -0.120. The quantitative estimate of drug-likeness (QED) is 0.655. The molecule has 3 nitrogen and oxygen atoms in total. The number of carbonyl (C=O) groups is 1. The molecule has 0 atom stereocenters. The van der Waals surface area contributed by atoms with Crippen molar-refractivity contribution in [2.24, 2.45) is 5.10 Å². The summed E-state index contributed by atoms with van der Waals surface area (Å²) in [4.78, 5) is 11.8. The zero-order valence-electron chi connectivity index (χ0n) is 12.3. The average Bonchev–Trinajstić information content (AvgIpc) is 2.50. The number of allylic oxidation sites excluding steroid dienone is 1.